The van der Waals surface area contributed by atoms with Crippen LogP contribution in [0, 0.1) is 0 Å². The first-order valence-electron chi connectivity index (χ1n) is 23.2. The van der Waals surface area contributed by atoms with Gasteiger partial charge >= 0.3 is 0 Å². The summed E-state index contributed by atoms with van der Waals surface area (Å²) in [4.78, 5) is 20.4. The monoisotopic (exact) mass is 881 g/mol. The molecule has 14 aromatic rings. The molecule has 0 N–H and O–H groups in total. The van der Waals surface area contributed by atoms with E-state index >= 15 is 0 Å². The molecule has 0 unspecified atom stereocenters. The molecular weight excluding hydrogens is 843 g/mol. The van der Waals surface area contributed by atoms with Crippen LogP contribution in [0.3, 0.4) is 0 Å². The molecule has 14 rings (SSSR count). The molecule has 69 heavy (non-hydrogen) atoms. The highest BCUT2D eigenvalue weighted by molar-refractivity contribution is 6.13. The molecule has 322 valence electrons. The fraction of sp³-hybridized carbons (Fsp3) is 0. The Bertz CT molecular complexity index is 4240. The Kier molecular flexibility index (Phi) is 8.75. The van der Waals surface area contributed by atoms with Crippen LogP contribution >= 0.6 is 0 Å². The van der Waals surface area contributed by atoms with Crippen LogP contribution < -0.4 is 0 Å². The van der Waals surface area contributed by atoms with E-state index < -0.39 is 0 Å². The molecule has 0 aliphatic rings. The zero-order valence-electron chi connectivity index (χ0n) is 37.1. The lowest BCUT2D eigenvalue weighted by Gasteiger charge is -2.13. The van der Waals surface area contributed by atoms with Gasteiger partial charge in [-0.1, -0.05) is 133 Å². The maximum Gasteiger partial charge on any atom is 0.138 e. The van der Waals surface area contributed by atoms with Gasteiger partial charge in [0.15, 0.2) is 0 Å². The smallest absolute Gasteiger partial charge is 0.138 e. The highest BCUT2D eigenvalue weighted by atomic mass is 15.1. The van der Waals surface area contributed by atoms with Crippen molar-refractivity contribution in [2.24, 2.45) is 0 Å². The largest absolute Gasteiger partial charge is 0.309 e. The van der Waals surface area contributed by atoms with Gasteiger partial charge in [-0.15, -0.1) is 0 Å². The summed E-state index contributed by atoms with van der Waals surface area (Å²) in [5.74, 6) is 0.849. The van der Waals surface area contributed by atoms with Gasteiger partial charge in [0, 0.05) is 61.2 Å². The Morgan fingerprint density at radius 2 is 0.870 bits per heavy atom. The van der Waals surface area contributed by atoms with E-state index in [2.05, 4.69) is 220 Å². The maximum atomic E-state index is 5.36. The van der Waals surface area contributed by atoms with Crippen molar-refractivity contribution in [1.29, 1.82) is 0 Å². The fourth-order valence-corrected chi connectivity index (χ4v) is 10.4. The van der Waals surface area contributed by atoms with Gasteiger partial charge in [0.05, 0.1) is 68.1 Å². The first-order valence-corrected chi connectivity index (χ1v) is 23.2. The predicted octanol–water partition coefficient (Wildman–Crippen LogP) is 15.2. The lowest BCUT2D eigenvalue weighted by atomic mass is 10.0. The van der Waals surface area contributed by atoms with Crippen LogP contribution in [-0.4, -0.2) is 33.6 Å². The summed E-state index contributed by atoms with van der Waals surface area (Å²) >= 11 is 0. The molecule has 6 aromatic heterocycles. The summed E-state index contributed by atoms with van der Waals surface area (Å²) in [5.41, 5.74) is 17.5. The molecule has 0 saturated heterocycles. The average molecular weight is 882 g/mol. The first kappa shape index (κ1) is 38.8. The topological polar surface area (TPSA) is 66.3 Å². The normalized spacial score (nSPS) is 11.8. The van der Waals surface area contributed by atoms with E-state index in [0.29, 0.717) is 0 Å². The molecule has 0 saturated carbocycles. The molecule has 7 heteroatoms. The van der Waals surface area contributed by atoms with E-state index in [9.17, 15) is 0 Å². The van der Waals surface area contributed by atoms with E-state index in [1.807, 2.05) is 30.7 Å². The van der Waals surface area contributed by atoms with Crippen LogP contribution in [-0.2, 0) is 0 Å². The van der Waals surface area contributed by atoms with Crippen molar-refractivity contribution in [3.05, 3.63) is 237 Å². The van der Waals surface area contributed by atoms with Crippen molar-refractivity contribution in [2.45, 2.75) is 0 Å². The number of fused-ring (bicyclic) bond motifs is 9. The minimum atomic E-state index is 0.793. The third kappa shape index (κ3) is 6.29. The molecule has 0 bridgehead atoms. The number of pyridine rings is 2. The number of hydrogen-bond acceptors (Lipinski definition) is 4. The molecular formula is C62H39N7. The Morgan fingerprint density at radius 1 is 0.290 bits per heavy atom. The van der Waals surface area contributed by atoms with Crippen molar-refractivity contribution in [1.82, 2.24) is 33.6 Å². The summed E-state index contributed by atoms with van der Waals surface area (Å²) < 4.78 is 6.96. The second-order valence-electron chi connectivity index (χ2n) is 17.5. The maximum absolute atomic E-state index is 5.36. The van der Waals surface area contributed by atoms with Crippen LogP contribution in [0.2, 0.25) is 0 Å². The van der Waals surface area contributed by atoms with Gasteiger partial charge in [-0.05, 0) is 96.1 Å². The molecule has 0 fully saturated rings. The van der Waals surface area contributed by atoms with Crippen LogP contribution in [0.4, 0.5) is 0 Å². The van der Waals surface area contributed by atoms with Crippen molar-refractivity contribution in [2.75, 3.05) is 0 Å². The standard InChI is InChI=1S/C62H39N7/c1-4-15-40(16-5-1)44-34-52(41-17-6-2-7-18-41)66-61(36-44)69-56-24-13-10-21-47(56)49-29-26-43(35-60(49)69)54-39-63-38-53(65-54)42-27-30-57-50(33-42)48-22-11-12-23-55(48)68(57)46-28-31-58-51(37-46)62-59(25-14-32-64-62)67(58)45-19-8-3-9-20-45/h1-39H. The molecule has 0 spiro atoms. The number of benzene rings is 8. The highest BCUT2D eigenvalue weighted by Gasteiger charge is 2.20. The lowest BCUT2D eigenvalue weighted by molar-refractivity contribution is 1.08. The number of nitrogens with zero attached hydrogens (tertiary/aromatic N) is 7. The summed E-state index contributed by atoms with van der Waals surface area (Å²) in [6.45, 7) is 0. The summed E-state index contributed by atoms with van der Waals surface area (Å²) in [7, 11) is 0. The Hall–Kier alpha value is -9.46. The SMILES string of the molecule is c1ccc(-c2cc(-c3ccccc3)nc(-n3c4ccccc4c4ccc(-c5cncc(-c6ccc7c(c6)c6ccccc6n7-c6ccc7c(c6)c6ncccc6n7-c6ccccc6)n5)cc43)c2)cc1. The van der Waals surface area contributed by atoms with Gasteiger partial charge in [0.1, 0.15) is 5.82 Å². The zero-order valence-corrected chi connectivity index (χ0v) is 37.1. The second-order valence-corrected chi connectivity index (χ2v) is 17.5. The molecule has 8 aromatic carbocycles. The Labute approximate surface area is 396 Å². The van der Waals surface area contributed by atoms with Gasteiger partial charge < -0.3 is 9.13 Å². The van der Waals surface area contributed by atoms with E-state index in [1.54, 1.807) is 0 Å². The van der Waals surface area contributed by atoms with E-state index in [4.69, 9.17) is 19.9 Å². The van der Waals surface area contributed by atoms with E-state index in [-0.39, 0.29) is 0 Å². The summed E-state index contributed by atoms with van der Waals surface area (Å²) in [6.07, 6.45) is 5.61. The molecule has 0 atom stereocenters. The van der Waals surface area contributed by atoms with Gasteiger partial charge in [0.2, 0.25) is 0 Å². The number of aromatic nitrogens is 7. The number of hydrogen-bond donors (Lipinski definition) is 0. The molecule has 0 aliphatic carbocycles. The van der Waals surface area contributed by atoms with Crippen molar-refractivity contribution < 1.29 is 0 Å². The van der Waals surface area contributed by atoms with Gasteiger partial charge in [-0.3, -0.25) is 14.5 Å². The van der Waals surface area contributed by atoms with Gasteiger partial charge in [0.25, 0.3) is 0 Å². The van der Waals surface area contributed by atoms with Crippen molar-refractivity contribution >= 4 is 65.5 Å². The van der Waals surface area contributed by atoms with E-state index in [1.165, 1.54) is 5.39 Å². The highest BCUT2D eigenvalue weighted by Crippen LogP contribution is 2.40. The Balaban J connectivity index is 0.889. The Morgan fingerprint density at radius 3 is 1.65 bits per heavy atom. The minimum absolute atomic E-state index is 0.793. The van der Waals surface area contributed by atoms with Crippen LogP contribution in [0.5, 0.6) is 0 Å². The number of para-hydroxylation sites is 3. The van der Waals surface area contributed by atoms with Crippen molar-refractivity contribution in [3.63, 3.8) is 0 Å². The van der Waals surface area contributed by atoms with Crippen LogP contribution in [0.1, 0.15) is 0 Å². The number of rotatable bonds is 7. The second kappa shape index (κ2) is 15.6. The first-order chi connectivity index (χ1) is 34.2. The third-order valence-corrected chi connectivity index (χ3v) is 13.6. The van der Waals surface area contributed by atoms with Gasteiger partial charge in [-0.2, -0.15) is 0 Å². The molecule has 0 aliphatic heterocycles. The van der Waals surface area contributed by atoms with Crippen molar-refractivity contribution in [3.8, 4) is 62.1 Å². The average Bonchev–Trinajstić information content (AvgIpc) is 4.06. The third-order valence-electron chi connectivity index (χ3n) is 13.6. The summed E-state index contributed by atoms with van der Waals surface area (Å²) in [5, 5.41) is 5.73. The van der Waals surface area contributed by atoms with E-state index in [0.717, 1.165) is 122 Å². The molecule has 0 radical (unpaired) electrons. The van der Waals surface area contributed by atoms with Gasteiger partial charge in [-0.25, -0.2) is 9.97 Å². The predicted molar refractivity (Wildman–Crippen MR) is 282 cm³/mol. The minimum Gasteiger partial charge on any atom is -0.309 e. The fourth-order valence-electron chi connectivity index (χ4n) is 10.4. The zero-order chi connectivity index (χ0) is 45.4. The molecule has 6 heterocycles. The molecule has 0 amide bonds. The lowest BCUT2D eigenvalue weighted by Crippen LogP contribution is -2.00. The van der Waals surface area contributed by atoms with Crippen LogP contribution in [0.15, 0.2) is 237 Å². The quantitative estimate of drug-likeness (QED) is 0.160. The van der Waals surface area contributed by atoms with Crippen LogP contribution in [0.25, 0.3) is 128 Å². The molecule has 7 nitrogen and oxygen atoms in total. The summed E-state index contributed by atoms with van der Waals surface area (Å²) in [6, 6.07) is 77.3.